The van der Waals surface area contributed by atoms with Crippen molar-refractivity contribution in [3.8, 4) is 0 Å². The predicted molar refractivity (Wildman–Crippen MR) is 78.9 cm³/mol. The fraction of sp³-hybridized carbons (Fsp3) is 0.562. The number of carbonyl (C=O) groups excluding carboxylic acids is 1. The van der Waals surface area contributed by atoms with E-state index in [2.05, 4.69) is 5.32 Å². The number of amides is 2. The van der Waals surface area contributed by atoms with E-state index < -0.39 is 23.5 Å². The van der Waals surface area contributed by atoms with Gasteiger partial charge in [-0.15, -0.1) is 0 Å². The van der Waals surface area contributed by atoms with Crippen molar-refractivity contribution >= 4 is 11.7 Å². The molecular weight excluding hydrogens is 309 g/mol. The largest absolute Gasteiger partial charge is 0.418 e. The zero-order valence-electron chi connectivity index (χ0n) is 12.7. The molecule has 126 valence electrons. The highest BCUT2D eigenvalue weighted by atomic mass is 19.4. The maximum atomic E-state index is 13.0. The Morgan fingerprint density at radius 2 is 1.87 bits per heavy atom. The van der Waals surface area contributed by atoms with Crippen molar-refractivity contribution in [2.45, 2.75) is 44.0 Å². The van der Waals surface area contributed by atoms with Crippen LogP contribution < -0.4 is 5.32 Å². The van der Waals surface area contributed by atoms with Gasteiger partial charge in [0.25, 0.3) is 0 Å². The lowest BCUT2D eigenvalue weighted by Gasteiger charge is -2.39. The molecule has 3 rings (SSSR count). The second-order valence-corrected chi connectivity index (χ2v) is 5.98. The molecule has 7 heteroatoms. The summed E-state index contributed by atoms with van der Waals surface area (Å²) in [5, 5.41) is 2.42. The predicted octanol–water partition coefficient (Wildman–Crippen LogP) is 4.23. The smallest absolute Gasteiger partial charge is 0.354 e. The molecular formula is C16H19F3N2O2. The Morgan fingerprint density at radius 3 is 2.57 bits per heavy atom. The number of hydrogen-bond acceptors (Lipinski definition) is 2. The number of ether oxygens (including phenoxy) is 1. The maximum absolute atomic E-state index is 13.0. The number of alkyl halides is 3. The second kappa shape index (κ2) is 6.03. The molecule has 0 radical (unpaired) electrons. The average molecular weight is 328 g/mol. The van der Waals surface area contributed by atoms with Gasteiger partial charge in [0.15, 0.2) is 0 Å². The Morgan fingerprint density at radius 1 is 1.17 bits per heavy atom. The van der Waals surface area contributed by atoms with Crippen LogP contribution in [0, 0.1) is 0 Å². The number of halogens is 3. The fourth-order valence-corrected chi connectivity index (χ4v) is 3.44. The van der Waals surface area contributed by atoms with Gasteiger partial charge in [-0.3, -0.25) is 4.90 Å². The Bertz CT molecular complexity index is 583. The molecule has 1 aliphatic heterocycles. The third-order valence-electron chi connectivity index (χ3n) is 4.53. The third kappa shape index (κ3) is 3.15. The normalized spacial score (nSPS) is 20.7. The summed E-state index contributed by atoms with van der Waals surface area (Å²) in [5.74, 6) is 0. The summed E-state index contributed by atoms with van der Waals surface area (Å²) in [6.07, 6.45) is -0.0140. The van der Waals surface area contributed by atoms with Crippen molar-refractivity contribution in [1.29, 1.82) is 0 Å². The number of benzene rings is 1. The van der Waals surface area contributed by atoms with Crippen LogP contribution in [0.3, 0.4) is 0 Å². The van der Waals surface area contributed by atoms with Crippen molar-refractivity contribution in [3.05, 3.63) is 29.8 Å². The maximum Gasteiger partial charge on any atom is 0.418 e. The van der Waals surface area contributed by atoms with Crippen LogP contribution >= 0.6 is 0 Å². The molecule has 0 bridgehead atoms. The van der Waals surface area contributed by atoms with Crippen LogP contribution in [-0.2, 0) is 10.9 Å². The highest BCUT2D eigenvalue weighted by molar-refractivity contribution is 5.91. The molecule has 0 atom stereocenters. The lowest BCUT2D eigenvalue weighted by atomic mass is 9.91. The van der Waals surface area contributed by atoms with Gasteiger partial charge < -0.3 is 10.1 Å². The van der Waals surface area contributed by atoms with Gasteiger partial charge in [0.2, 0.25) is 0 Å². The molecule has 2 fully saturated rings. The molecule has 1 N–H and O–H groups in total. The molecule has 1 aromatic carbocycles. The highest BCUT2D eigenvalue weighted by Crippen LogP contribution is 2.39. The molecule has 1 spiro atoms. The van der Waals surface area contributed by atoms with Gasteiger partial charge in [0, 0.05) is 6.54 Å². The molecule has 0 unspecified atom stereocenters. The first kappa shape index (κ1) is 16.1. The van der Waals surface area contributed by atoms with Crippen molar-refractivity contribution in [2.24, 2.45) is 0 Å². The van der Waals surface area contributed by atoms with Crippen molar-refractivity contribution in [3.63, 3.8) is 0 Å². The Labute approximate surface area is 132 Å². The van der Waals surface area contributed by atoms with Crippen LogP contribution in [0.5, 0.6) is 0 Å². The minimum absolute atomic E-state index is 0.220. The quantitative estimate of drug-likeness (QED) is 0.838. The molecule has 1 aliphatic carbocycles. The first-order valence-electron chi connectivity index (χ1n) is 7.81. The SMILES string of the molecule is O=C(Nc1ccccc1C(F)(F)F)N1CCOC12CCCCC2. The monoisotopic (exact) mass is 328 g/mol. The molecule has 2 aliphatic rings. The highest BCUT2D eigenvalue weighted by Gasteiger charge is 2.46. The summed E-state index contributed by atoms with van der Waals surface area (Å²) in [7, 11) is 0. The van der Waals surface area contributed by atoms with Crippen LogP contribution in [0.4, 0.5) is 23.7 Å². The van der Waals surface area contributed by atoms with E-state index in [1.54, 1.807) is 4.90 Å². The zero-order chi connectivity index (χ0) is 16.5. The molecule has 1 heterocycles. The number of para-hydroxylation sites is 1. The van der Waals surface area contributed by atoms with E-state index in [0.29, 0.717) is 13.2 Å². The lowest BCUT2D eigenvalue weighted by molar-refractivity contribution is -0.136. The fourth-order valence-electron chi connectivity index (χ4n) is 3.44. The number of carbonyl (C=O) groups is 1. The topological polar surface area (TPSA) is 41.6 Å². The second-order valence-electron chi connectivity index (χ2n) is 5.98. The summed E-state index contributed by atoms with van der Waals surface area (Å²) in [5.41, 5.74) is -1.70. The van der Waals surface area contributed by atoms with Crippen LogP contribution in [0.25, 0.3) is 0 Å². The molecule has 4 nitrogen and oxygen atoms in total. The van der Waals surface area contributed by atoms with E-state index in [4.69, 9.17) is 4.74 Å². The van der Waals surface area contributed by atoms with Gasteiger partial charge >= 0.3 is 12.2 Å². The minimum atomic E-state index is -4.51. The van der Waals surface area contributed by atoms with Gasteiger partial charge in [0.1, 0.15) is 5.72 Å². The van der Waals surface area contributed by atoms with Gasteiger partial charge in [-0.05, 0) is 37.8 Å². The summed E-state index contributed by atoms with van der Waals surface area (Å²) >= 11 is 0. The van der Waals surface area contributed by atoms with Crippen LogP contribution in [0.15, 0.2) is 24.3 Å². The zero-order valence-corrected chi connectivity index (χ0v) is 12.7. The van der Waals surface area contributed by atoms with Gasteiger partial charge in [-0.2, -0.15) is 13.2 Å². The van der Waals surface area contributed by atoms with Crippen molar-refractivity contribution in [2.75, 3.05) is 18.5 Å². The molecule has 1 saturated carbocycles. The first-order valence-corrected chi connectivity index (χ1v) is 7.81. The Balaban J connectivity index is 1.80. The number of anilines is 1. The van der Waals surface area contributed by atoms with Crippen molar-refractivity contribution in [1.82, 2.24) is 4.90 Å². The summed E-state index contributed by atoms with van der Waals surface area (Å²) < 4.78 is 44.9. The van der Waals surface area contributed by atoms with Gasteiger partial charge in [0.05, 0.1) is 17.9 Å². The van der Waals surface area contributed by atoms with E-state index in [-0.39, 0.29) is 5.69 Å². The van der Waals surface area contributed by atoms with E-state index in [1.807, 2.05) is 0 Å². The number of rotatable bonds is 1. The van der Waals surface area contributed by atoms with Gasteiger partial charge in [-0.1, -0.05) is 18.6 Å². The minimum Gasteiger partial charge on any atom is -0.354 e. The molecule has 0 aromatic heterocycles. The van der Waals surface area contributed by atoms with E-state index >= 15 is 0 Å². The number of urea groups is 1. The van der Waals surface area contributed by atoms with E-state index in [9.17, 15) is 18.0 Å². The third-order valence-corrected chi connectivity index (χ3v) is 4.53. The molecule has 23 heavy (non-hydrogen) atoms. The number of nitrogens with zero attached hydrogens (tertiary/aromatic N) is 1. The number of nitrogens with one attached hydrogen (secondary N) is 1. The standard InChI is InChI=1S/C16H19F3N2O2/c17-16(18,19)12-6-2-3-7-13(12)20-14(22)21-10-11-23-15(21)8-4-1-5-9-15/h2-3,6-7H,1,4-5,8-11H2,(H,20,22). The van der Waals surface area contributed by atoms with E-state index in [0.717, 1.165) is 38.2 Å². The molecule has 2 amide bonds. The average Bonchev–Trinajstić information content (AvgIpc) is 2.90. The van der Waals surface area contributed by atoms with E-state index in [1.165, 1.54) is 18.2 Å². The summed E-state index contributed by atoms with van der Waals surface area (Å²) in [6.45, 7) is 0.828. The molecule has 1 saturated heterocycles. The Hall–Kier alpha value is -1.76. The van der Waals surface area contributed by atoms with Crippen LogP contribution in [-0.4, -0.2) is 29.8 Å². The van der Waals surface area contributed by atoms with Crippen LogP contribution in [0.1, 0.15) is 37.7 Å². The van der Waals surface area contributed by atoms with Crippen LogP contribution in [0.2, 0.25) is 0 Å². The molecule has 1 aromatic rings. The van der Waals surface area contributed by atoms with Crippen molar-refractivity contribution < 1.29 is 22.7 Å². The first-order chi connectivity index (χ1) is 10.9. The lowest BCUT2D eigenvalue weighted by Crippen LogP contribution is -2.51. The van der Waals surface area contributed by atoms with Gasteiger partial charge in [-0.25, -0.2) is 4.79 Å². The summed E-state index contributed by atoms with van der Waals surface area (Å²) in [4.78, 5) is 14.1. The Kier molecular flexibility index (Phi) is 4.23. The summed E-state index contributed by atoms with van der Waals surface area (Å²) in [6, 6.07) is 4.49. The number of hydrogen-bond donors (Lipinski definition) is 1.